The molecule has 178 valence electrons. The molecule has 2 aliphatic heterocycles. The van der Waals surface area contributed by atoms with Gasteiger partial charge < -0.3 is 30.0 Å². The lowest BCUT2D eigenvalue weighted by Crippen LogP contribution is -2.52. The molecule has 0 bridgehead atoms. The summed E-state index contributed by atoms with van der Waals surface area (Å²) in [7, 11) is 4.17. The zero-order chi connectivity index (χ0) is 22.9. The van der Waals surface area contributed by atoms with Gasteiger partial charge in [0.05, 0.1) is 31.6 Å². The van der Waals surface area contributed by atoms with Gasteiger partial charge in [-0.05, 0) is 46.5 Å². The number of rotatable bonds is 8. The lowest BCUT2D eigenvalue weighted by Gasteiger charge is -2.38. The largest absolute Gasteiger partial charge is 0.382 e. The molecule has 2 aromatic rings. The van der Waals surface area contributed by atoms with E-state index in [1.54, 1.807) is 18.4 Å². The van der Waals surface area contributed by atoms with Crippen LogP contribution in [0.15, 0.2) is 18.5 Å². The number of nitrogens with zero attached hydrogens (tertiary/aromatic N) is 5. The molecule has 0 aliphatic carbocycles. The van der Waals surface area contributed by atoms with Crippen LogP contribution in [0.1, 0.15) is 32.1 Å². The third kappa shape index (κ3) is 5.38. The van der Waals surface area contributed by atoms with Crippen LogP contribution in [0.2, 0.25) is 0 Å². The molecule has 4 heterocycles. The van der Waals surface area contributed by atoms with Gasteiger partial charge in [-0.1, -0.05) is 0 Å². The van der Waals surface area contributed by atoms with Crippen molar-refractivity contribution in [2.45, 2.75) is 44.3 Å². The minimum Gasteiger partial charge on any atom is -0.382 e. The molecule has 10 heteroatoms. The third-order valence-electron chi connectivity index (χ3n) is 6.15. The third-order valence-corrected chi connectivity index (χ3v) is 6.15. The molecule has 0 radical (unpaired) electrons. The van der Waals surface area contributed by atoms with E-state index in [1.807, 2.05) is 12.1 Å². The first kappa shape index (κ1) is 23.3. The van der Waals surface area contributed by atoms with Crippen LogP contribution in [-0.2, 0) is 14.2 Å². The fourth-order valence-electron chi connectivity index (χ4n) is 4.70. The summed E-state index contributed by atoms with van der Waals surface area (Å²) in [5.74, 6) is -0.684. The highest BCUT2D eigenvalue weighted by Crippen LogP contribution is 2.40. The normalized spacial score (nSPS) is 27.6. The van der Waals surface area contributed by atoms with Gasteiger partial charge >= 0.3 is 0 Å². The van der Waals surface area contributed by atoms with Crippen molar-refractivity contribution in [2.75, 3.05) is 59.3 Å². The predicted molar refractivity (Wildman–Crippen MR) is 120 cm³/mol. The number of anilines is 1. The van der Waals surface area contributed by atoms with E-state index in [4.69, 9.17) is 19.9 Å². The molecule has 4 rings (SSSR count). The van der Waals surface area contributed by atoms with Crippen molar-refractivity contribution in [2.24, 2.45) is 5.92 Å². The van der Waals surface area contributed by atoms with Crippen molar-refractivity contribution in [1.82, 2.24) is 24.4 Å². The second-order valence-corrected chi connectivity index (χ2v) is 9.62. The van der Waals surface area contributed by atoms with Crippen LogP contribution in [0.3, 0.4) is 0 Å². The van der Waals surface area contributed by atoms with E-state index in [0.717, 1.165) is 50.5 Å². The molecule has 0 aromatic carbocycles. The zero-order valence-corrected chi connectivity index (χ0v) is 19.5. The molecular formula is C22H36N6O4. The van der Waals surface area contributed by atoms with Gasteiger partial charge in [0, 0.05) is 31.6 Å². The average molecular weight is 449 g/mol. The first-order valence-corrected chi connectivity index (χ1v) is 11.3. The van der Waals surface area contributed by atoms with Crippen LogP contribution in [0.4, 0.5) is 5.82 Å². The highest BCUT2D eigenvalue weighted by molar-refractivity contribution is 5.65. The standard InChI is InChI=1S/C22H36N6O4/c1-22(2,29)31-12-15-9-17(11-27-7-8-30-13-16(27)10-26(3)4)32-20(15)18-5-6-19-21(23)24-14-25-28(18)19/h5-6,14-17,20,29H,7-13H2,1-4H3,(H2,23,24,25)/t15-,16+,17-,20+/m0/s1. The molecule has 0 unspecified atom stereocenters. The van der Waals surface area contributed by atoms with Gasteiger partial charge in [0.1, 0.15) is 17.9 Å². The molecule has 4 atom stereocenters. The Morgan fingerprint density at radius 3 is 2.91 bits per heavy atom. The van der Waals surface area contributed by atoms with Crippen LogP contribution < -0.4 is 5.73 Å². The first-order valence-electron chi connectivity index (χ1n) is 11.3. The number of aromatic nitrogens is 3. The second kappa shape index (κ2) is 9.58. The van der Waals surface area contributed by atoms with Gasteiger partial charge in [0.15, 0.2) is 11.6 Å². The Morgan fingerprint density at radius 1 is 1.34 bits per heavy atom. The molecule has 0 spiro atoms. The summed E-state index contributed by atoms with van der Waals surface area (Å²) in [4.78, 5) is 8.75. The number of nitrogen functional groups attached to an aromatic ring is 1. The summed E-state index contributed by atoms with van der Waals surface area (Å²) in [6.45, 7) is 7.84. The van der Waals surface area contributed by atoms with E-state index in [9.17, 15) is 5.11 Å². The maximum Gasteiger partial charge on any atom is 0.159 e. The minimum absolute atomic E-state index is 0.0444. The number of ether oxygens (including phenoxy) is 3. The summed E-state index contributed by atoms with van der Waals surface area (Å²) >= 11 is 0. The highest BCUT2D eigenvalue weighted by Gasteiger charge is 2.40. The van der Waals surface area contributed by atoms with Crippen molar-refractivity contribution in [1.29, 1.82) is 0 Å². The minimum atomic E-state index is -1.20. The van der Waals surface area contributed by atoms with Gasteiger partial charge in [-0.15, -0.1) is 0 Å². The lowest BCUT2D eigenvalue weighted by molar-refractivity contribution is -0.186. The quantitative estimate of drug-likeness (QED) is 0.566. The Labute approximate surface area is 189 Å². The smallest absolute Gasteiger partial charge is 0.159 e. The molecule has 32 heavy (non-hydrogen) atoms. The van der Waals surface area contributed by atoms with Gasteiger partial charge in [-0.3, -0.25) is 4.90 Å². The van der Waals surface area contributed by atoms with Crippen LogP contribution >= 0.6 is 0 Å². The first-order chi connectivity index (χ1) is 15.2. The van der Waals surface area contributed by atoms with Gasteiger partial charge in [-0.25, -0.2) is 9.50 Å². The van der Waals surface area contributed by atoms with E-state index < -0.39 is 5.79 Å². The average Bonchev–Trinajstić information content (AvgIpc) is 3.31. The summed E-state index contributed by atoms with van der Waals surface area (Å²) in [6, 6.07) is 4.26. The van der Waals surface area contributed by atoms with Crippen molar-refractivity contribution < 1.29 is 19.3 Å². The molecule has 2 aliphatic rings. The van der Waals surface area contributed by atoms with Crippen molar-refractivity contribution in [3.05, 3.63) is 24.2 Å². The van der Waals surface area contributed by atoms with Crippen LogP contribution in [0.5, 0.6) is 0 Å². The van der Waals surface area contributed by atoms with E-state index >= 15 is 0 Å². The van der Waals surface area contributed by atoms with Crippen molar-refractivity contribution in [3.8, 4) is 0 Å². The number of hydrogen-bond donors (Lipinski definition) is 2. The van der Waals surface area contributed by atoms with Crippen molar-refractivity contribution >= 4 is 11.3 Å². The molecule has 3 N–H and O–H groups in total. The molecule has 2 aromatic heterocycles. The molecule has 2 fully saturated rings. The lowest BCUT2D eigenvalue weighted by atomic mass is 9.97. The maximum absolute atomic E-state index is 10.1. The molecule has 2 saturated heterocycles. The molecule has 0 saturated carbocycles. The monoisotopic (exact) mass is 448 g/mol. The van der Waals surface area contributed by atoms with E-state index in [-0.39, 0.29) is 18.1 Å². The number of morpholine rings is 1. The van der Waals surface area contributed by atoms with E-state index in [1.165, 1.54) is 6.33 Å². The van der Waals surface area contributed by atoms with E-state index in [0.29, 0.717) is 18.5 Å². The number of hydrogen-bond acceptors (Lipinski definition) is 9. The second-order valence-electron chi connectivity index (χ2n) is 9.62. The molecular weight excluding hydrogens is 412 g/mol. The zero-order valence-electron chi connectivity index (χ0n) is 19.5. The molecule has 0 amide bonds. The number of likely N-dealkylation sites (N-methyl/N-ethyl adjacent to an activating group) is 1. The predicted octanol–water partition coefficient (Wildman–Crippen LogP) is 0.765. The van der Waals surface area contributed by atoms with Crippen molar-refractivity contribution in [3.63, 3.8) is 0 Å². The fourth-order valence-corrected chi connectivity index (χ4v) is 4.70. The van der Waals surface area contributed by atoms with Gasteiger partial charge in [0.2, 0.25) is 0 Å². The van der Waals surface area contributed by atoms with Gasteiger partial charge in [0.25, 0.3) is 0 Å². The van der Waals surface area contributed by atoms with Crippen LogP contribution in [0.25, 0.3) is 5.52 Å². The number of aliphatic hydroxyl groups is 1. The van der Waals surface area contributed by atoms with Crippen LogP contribution in [0, 0.1) is 5.92 Å². The Morgan fingerprint density at radius 2 is 2.16 bits per heavy atom. The van der Waals surface area contributed by atoms with E-state index in [2.05, 4.69) is 34.0 Å². The van der Waals surface area contributed by atoms with Crippen LogP contribution in [-0.4, -0.2) is 101 Å². The highest BCUT2D eigenvalue weighted by atomic mass is 16.6. The Balaban J connectivity index is 1.53. The Bertz CT molecular complexity index is 898. The summed E-state index contributed by atoms with van der Waals surface area (Å²) in [5, 5.41) is 14.5. The topological polar surface area (TPSA) is 111 Å². The SMILES string of the molecule is CN(C)C[C@@H]1COCCN1C[C@@H]1C[C@@H](COC(C)(C)O)[C@H](c2ccc3c(N)ncnn23)O1. The summed E-state index contributed by atoms with van der Waals surface area (Å²) < 4.78 is 19.9. The maximum atomic E-state index is 10.1. The number of nitrogens with two attached hydrogens (primary N) is 1. The Kier molecular flexibility index (Phi) is 6.99. The Hall–Kier alpha value is -1.82. The van der Waals surface area contributed by atoms with Gasteiger partial charge in [-0.2, -0.15) is 5.10 Å². The summed E-state index contributed by atoms with van der Waals surface area (Å²) in [6.07, 6.45) is 2.12. The fraction of sp³-hybridized carbons (Fsp3) is 0.727. The molecule has 10 nitrogen and oxygen atoms in total. The summed E-state index contributed by atoms with van der Waals surface area (Å²) in [5.41, 5.74) is 7.72. The number of fused-ring (bicyclic) bond motifs is 1.